The molecule has 4 rings (SSSR count). The smallest absolute Gasteiger partial charge is 0.322 e. The lowest BCUT2D eigenvalue weighted by Crippen LogP contribution is -2.50. The summed E-state index contributed by atoms with van der Waals surface area (Å²) in [7, 11) is 0. The third-order valence-corrected chi connectivity index (χ3v) is 5.66. The SMILES string of the molecule is Cc1ccc(NC(=O)N2C[C@@H](F)C[C@H]2C(=O)N2CCc3ccccc3C2)cc1F. The highest BCUT2D eigenvalue weighted by atomic mass is 19.1. The van der Waals surface area contributed by atoms with Crippen LogP contribution >= 0.6 is 0 Å². The second-order valence-corrected chi connectivity index (χ2v) is 7.67. The molecule has 0 spiro atoms. The van der Waals surface area contributed by atoms with Gasteiger partial charge in [0.15, 0.2) is 0 Å². The highest BCUT2D eigenvalue weighted by Crippen LogP contribution is 2.26. The van der Waals surface area contributed by atoms with Crippen LogP contribution in [0.1, 0.15) is 23.1 Å². The fraction of sp³-hybridized carbons (Fsp3) is 0.364. The largest absolute Gasteiger partial charge is 0.336 e. The van der Waals surface area contributed by atoms with Crippen molar-refractivity contribution >= 4 is 17.6 Å². The van der Waals surface area contributed by atoms with Gasteiger partial charge in [-0.1, -0.05) is 30.3 Å². The Bertz CT molecular complexity index is 949. The number of carbonyl (C=O) groups is 2. The molecule has 7 heteroatoms. The summed E-state index contributed by atoms with van der Waals surface area (Å²) in [6, 6.07) is 10.8. The zero-order valence-electron chi connectivity index (χ0n) is 16.2. The Morgan fingerprint density at radius 1 is 1.14 bits per heavy atom. The molecule has 1 saturated heterocycles. The van der Waals surface area contributed by atoms with Gasteiger partial charge in [0.25, 0.3) is 0 Å². The molecule has 2 atom stereocenters. The van der Waals surface area contributed by atoms with Crippen molar-refractivity contribution in [2.24, 2.45) is 0 Å². The quantitative estimate of drug-likeness (QED) is 0.838. The van der Waals surface area contributed by atoms with Crippen LogP contribution in [0.4, 0.5) is 19.3 Å². The maximum atomic E-state index is 14.2. The van der Waals surface area contributed by atoms with E-state index in [2.05, 4.69) is 5.32 Å². The number of nitrogens with zero attached hydrogens (tertiary/aromatic N) is 2. The molecule has 1 N–H and O–H groups in total. The number of fused-ring (bicyclic) bond motifs is 1. The number of likely N-dealkylation sites (tertiary alicyclic amines) is 1. The number of rotatable bonds is 2. The molecule has 2 aromatic carbocycles. The number of benzene rings is 2. The summed E-state index contributed by atoms with van der Waals surface area (Å²) < 4.78 is 27.9. The van der Waals surface area contributed by atoms with Crippen molar-refractivity contribution in [1.82, 2.24) is 9.80 Å². The van der Waals surface area contributed by atoms with Crippen molar-refractivity contribution in [3.63, 3.8) is 0 Å². The lowest BCUT2D eigenvalue weighted by molar-refractivity contribution is -0.136. The highest BCUT2D eigenvalue weighted by Gasteiger charge is 2.42. The average Bonchev–Trinajstić information content (AvgIpc) is 3.11. The number of alkyl halides is 1. The number of hydrogen-bond donors (Lipinski definition) is 1. The minimum Gasteiger partial charge on any atom is -0.336 e. The summed E-state index contributed by atoms with van der Waals surface area (Å²) in [6.45, 7) is 2.48. The molecule has 152 valence electrons. The predicted molar refractivity (Wildman–Crippen MR) is 106 cm³/mol. The van der Waals surface area contributed by atoms with Crippen molar-refractivity contribution in [1.29, 1.82) is 0 Å². The average molecular weight is 399 g/mol. The predicted octanol–water partition coefficient (Wildman–Crippen LogP) is 3.66. The molecule has 2 aliphatic rings. The number of nitrogens with one attached hydrogen (secondary N) is 1. The Hall–Kier alpha value is -2.96. The number of anilines is 1. The van der Waals surface area contributed by atoms with Crippen molar-refractivity contribution < 1.29 is 18.4 Å². The Morgan fingerprint density at radius 3 is 2.66 bits per heavy atom. The topological polar surface area (TPSA) is 52.7 Å². The van der Waals surface area contributed by atoms with E-state index in [9.17, 15) is 18.4 Å². The third kappa shape index (κ3) is 3.95. The van der Waals surface area contributed by atoms with Gasteiger partial charge >= 0.3 is 6.03 Å². The molecule has 0 aromatic heterocycles. The fourth-order valence-electron chi connectivity index (χ4n) is 4.00. The normalized spacial score (nSPS) is 21.1. The molecular formula is C22H23F2N3O2. The zero-order valence-corrected chi connectivity index (χ0v) is 16.2. The van der Waals surface area contributed by atoms with Gasteiger partial charge in [0, 0.05) is 25.2 Å². The first kappa shape index (κ1) is 19.4. The minimum atomic E-state index is -1.26. The zero-order chi connectivity index (χ0) is 20.5. The molecule has 2 aromatic rings. The van der Waals surface area contributed by atoms with Crippen LogP contribution in [0.15, 0.2) is 42.5 Å². The second-order valence-electron chi connectivity index (χ2n) is 7.67. The van der Waals surface area contributed by atoms with Crippen LogP contribution in [0.2, 0.25) is 0 Å². The van der Waals surface area contributed by atoms with Gasteiger partial charge in [-0.25, -0.2) is 13.6 Å². The summed E-state index contributed by atoms with van der Waals surface area (Å²) in [5.41, 5.74) is 3.03. The van der Waals surface area contributed by atoms with Gasteiger partial charge in [0.05, 0.1) is 6.54 Å². The molecule has 0 radical (unpaired) electrons. The maximum Gasteiger partial charge on any atom is 0.322 e. The molecular weight excluding hydrogens is 376 g/mol. The molecule has 0 aliphatic carbocycles. The Balaban J connectivity index is 1.48. The molecule has 0 saturated carbocycles. The van der Waals surface area contributed by atoms with Crippen LogP contribution in [-0.4, -0.2) is 47.0 Å². The third-order valence-electron chi connectivity index (χ3n) is 5.66. The first-order valence-corrected chi connectivity index (χ1v) is 9.76. The van der Waals surface area contributed by atoms with E-state index in [1.807, 2.05) is 24.3 Å². The second kappa shape index (κ2) is 7.81. The molecule has 29 heavy (non-hydrogen) atoms. The highest BCUT2D eigenvalue weighted by molar-refractivity contribution is 5.94. The lowest BCUT2D eigenvalue weighted by Gasteiger charge is -2.33. The van der Waals surface area contributed by atoms with Gasteiger partial charge in [-0.05, 0) is 42.2 Å². The Kier molecular flexibility index (Phi) is 5.22. The summed E-state index contributed by atoms with van der Waals surface area (Å²) in [5, 5.41) is 2.59. The van der Waals surface area contributed by atoms with Crippen LogP contribution in [0, 0.1) is 12.7 Å². The van der Waals surface area contributed by atoms with E-state index in [0.29, 0.717) is 18.7 Å². The standard InChI is InChI=1S/C22H23F2N3O2/c1-14-6-7-18(11-19(14)24)25-22(29)27-13-17(23)10-20(27)21(28)26-9-8-15-4-2-3-5-16(15)12-26/h2-7,11,17,20H,8-10,12-13H2,1H3,(H,25,29)/t17-,20-/m0/s1. The van der Waals surface area contributed by atoms with Gasteiger partial charge in [-0.3, -0.25) is 4.79 Å². The van der Waals surface area contributed by atoms with Crippen molar-refractivity contribution in [3.8, 4) is 0 Å². The molecule has 3 amide bonds. The summed E-state index contributed by atoms with van der Waals surface area (Å²) >= 11 is 0. The first-order chi connectivity index (χ1) is 13.9. The van der Waals surface area contributed by atoms with Gasteiger partial charge in [0.1, 0.15) is 18.0 Å². The van der Waals surface area contributed by atoms with Gasteiger partial charge in [-0.2, -0.15) is 0 Å². The van der Waals surface area contributed by atoms with Crippen LogP contribution in [0.5, 0.6) is 0 Å². The van der Waals surface area contributed by atoms with E-state index in [0.717, 1.165) is 12.0 Å². The maximum absolute atomic E-state index is 14.2. The van der Waals surface area contributed by atoms with Crippen molar-refractivity contribution in [2.75, 3.05) is 18.4 Å². The number of halogens is 2. The molecule has 2 heterocycles. The molecule has 5 nitrogen and oxygen atoms in total. The van der Waals surface area contributed by atoms with Crippen LogP contribution in [0.25, 0.3) is 0 Å². The number of aryl methyl sites for hydroxylation is 1. The van der Waals surface area contributed by atoms with Gasteiger partial charge in [-0.15, -0.1) is 0 Å². The van der Waals surface area contributed by atoms with Crippen LogP contribution in [0.3, 0.4) is 0 Å². The van der Waals surface area contributed by atoms with E-state index in [-0.39, 0.29) is 24.6 Å². The molecule has 2 aliphatic heterocycles. The summed E-state index contributed by atoms with van der Waals surface area (Å²) in [5.74, 6) is -0.683. The monoisotopic (exact) mass is 399 g/mol. The van der Waals surface area contributed by atoms with Crippen molar-refractivity contribution in [2.45, 2.75) is 38.5 Å². The fourth-order valence-corrected chi connectivity index (χ4v) is 4.00. The van der Waals surface area contributed by atoms with E-state index in [1.54, 1.807) is 24.0 Å². The van der Waals surface area contributed by atoms with Gasteiger partial charge in [0.2, 0.25) is 5.91 Å². The van der Waals surface area contributed by atoms with E-state index in [4.69, 9.17) is 0 Å². The molecule has 0 bridgehead atoms. The number of carbonyl (C=O) groups excluding carboxylic acids is 2. The van der Waals surface area contributed by atoms with E-state index < -0.39 is 24.1 Å². The first-order valence-electron chi connectivity index (χ1n) is 9.76. The van der Waals surface area contributed by atoms with Crippen LogP contribution < -0.4 is 5.32 Å². The summed E-state index contributed by atoms with van der Waals surface area (Å²) in [4.78, 5) is 28.7. The number of hydrogen-bond acceptors (Lipinski definition) is 2. The van der Waals surface area contributed by atoms with E-state index in [1.165, 1.54) is 16.5 Å². The van der Waals surface area contributed by atoms with Gasteiger partial charge < -0.3 is 15.1 Å². The summed E-state index contributed by atoms with van der Waals surface area (Å²) in [6.07, 6.45) is -0.545. The molecule has 0 unspecified atom stereocenters. The van der Waals surface area contributed by atoms with Crippen LogP contribution in [-0.2, 0) is 17.8 Å². The Morgan fingerprint density at radius 2 is 1.90 bits per heavy atom. The van der Waals surface area contributed by atoms with Crippen molar-refractivity contribution in [3.05, 3.63) is 65.0 Å². The molecule has 1 fully saturated rings. The number of amides is 3. The Labute approximate surface area is 168 Å². The van der Waals surface area contributed by atoms with E-state index >= 15 is 0 Å². The minimum absolute atomic E-state index is 0.0212. The lowest BCUT2D eigenvalue weighted by atomic mass is 9.99. The number of urea groups is 1.